The monoisotopic (exact) mass is 574 g/mol. The maximum absolute atomic E-state index is 13.8. The van der Waals surface area contributed by atoms with Gasteiger partial charge in [0.1, 0.15) is 6.61 Å². The molecule has 0 bridgehead atoms. The summed E-state index contributed by atoms with van der Waals surface area (Å²) < 4.78 is 19.5. The Morgan fingerprint density at radius 3 is 2.60 bits per heavy atom. The Kier molecular flexibility index (Phi) is 8.32. The van der Waals surface area contributed by atoms with Crippen molar-refractivity contribution >= 4 is 34.7 Å². The number of esters is 1. The van der Waals surface area contributed by atoms with Gasteiger partial charge in [0.2, 0.25) is 0 Å². The van der Waals surface area contributed by atoms with Gasteiger partial charge in [0, 0.05) is 4.88 Å². The number of hydrogen-bond acceptors (Lipinski definition) is 8. The predicted molar refractivity (Wildman–Crippen MR) is 158 cm³/mol. The molecule has 1 unspecified atom stereocenters. The van der Waals surface area contributed by atoms with E-state index in [1.807, 2.05) is 86.0 Å². The van der Waals surface area contributed by atoms with Crippen LogP contribution in [-0.2, 0) is 16.1 Å². The second-order valence-corrected chi connectivity index (χ2v) is 11.8. The molecule has 4 aromatic rings. The van der Waals surface area contributed by atoms with E-state index in [-0.39, 0.29) is 18.1 Å². The van der Waals surface area contributed by atoms with Gasteiger partial charge in [-0.15, -0.1) is 11.3 Å². The summed E-state index contributed by atoms with van der Waals surface area (Å²) in [6.07, 6.45) is 1.86. The highest BCUT2D eigenvalue weighted by atomic mass is 32.1. The minimum Gasteiger partial charge on any atom is -0.493 e. The van der Waals surface area contributed by atoms with Gasteiger partial charge in [-0.3, -0.25) is 9.36 Å². The van der Waals surface area contributed by atoms with Gasteiger partial charge in [0.05, 0.1) is 35.6 Å². The molecule has 0 amide bonds. The number of thiophene rings is 1. The third-order valence-electron chi connectivity index (χ3n) is 6.35. The molecule has 1 aliphatic heterocycles. The molecule has 2 aromatic heterocycles. The number of thiazole rings is 1. The van der Waals surface area contributed by atoms with Crippen LogP contribution in [-0.4, -0.2) is 24.3 Å². The van der Waals surface area contributed by atoms with Crippen LogP contribution in [0.1, 0.15) is 42.8 Å². The molecular weight excluding hydrogens is 544 g/mol. The minimum atomic E-state index is -0.738. The fraction of sp³-hybridized carbons (Fsp3) is 0.258. The zero-order valence-electron chi connectivity index (χ0n) is 22.7. The lowest BCUT2D eigenvalue weighted by Gasteiger charge is -2.25. The second-order valence-electron chi connectivity index (χ2n) is 9.77. The molecule has 0 N–H and O–H groups in total. The van der Waals surface area contributed by atoms with Gasteiger partial charge < -0.3 is 14.2 Å². The van der Waals surface area contributed by atoms with E-state index < -0.39 is 12.0 Å². The van der Waals surface area contributed by atoms with E-state index in [9.17, 15) is 9.59 Å². The van der Waals surface area contributed by atoms with E-state index in [2.05, 4.69) is 4.99 Å². The highest BCUT2D eigenvalue weighted by Gasteiger charge is 2.34. The van der Waals surface area contributed by atoms with Crippen molar-refractivity contribution in [3.63, 3.8) is 0 Å². The summed E-state index contributed by atoms with van der Waals surface area (Å²) in [6, 6.07) is 18.5. The Balaban J connectivity index is 1.60. The first-order valence-corrected chi connectivity index (χ1v) is 14.6. The molecule has 0 aliphatic carbocycles. The molecule has 0 spiro atoms. The number of allylic oxidation sites excluding steroid dienone is 1. The largest absolute Gasteiger partial charge is 0.493 e. The first-order chi connectivity index (χ1) is 19.4. The number of methoxy groups -OCH3 is 1. The fourth-order valence-corrected chi connectivity index (χ4v) is 6.20. The molecule has 0 fully saturated rings. The Morgan fingerprint density at radius 2 is 1.90 bits per heavy atom. The van der Waals surface area contributed by atoms with Crippen molar-refractivity contribution in [2.24, 2.45) is 10.9 Å². The van der Waals surface area contributed by atoms with Crippen molar-refractivity contribution in [1.29, 1.82) is 0 Å². The van der Waals surface area contributed by atoms with Gasteiger partial charge in [-0.2, -0.15) is 0 Å². The molecule has 1 aliphatic rings. The Labute approximate surface area is 240 Å². The van der Waals surface area contributed by atoms with Crippen LogP contribution in [0.2, 0.25) is 0 Å². The molecule has 3 heterocycles. The molecule has 0 saturated carbocycles. The van der Waals surface area contributed by atoms with Crippen LogP contribution in [0, 0.1) is 5.92 Å². The summed E-state index contributed by atoms with van der Waals surface area (Å²) in [5.74, 6) is 0.732. The number of nitrogens with zero attached hydrogens (tertiary/aromatic N) is 2. The van der Waals surface area contributed by atoms with E-state index in [0.717, 1.165) is 10.4 Å². The number of ether oxygens (including phenoxy) is 3. The lowest BCUT2D eigenvalue weighted by molar-refractivity contribution is -0.140. The van der Waals surface area contributed by atoms with Crippen molar-refractivity contribution in [2.45, 2.75) is 33.4 Å². The highest BCUT2D eigenvalue weighted by Crippen LogP contribution is 2.36. The molecule has 1 atom stereocenters. The van der Waals surface area contributed by atoms with E-state index in [1.54, 1.807) is 29.9 Å². The molecular formula is C31H30N2O5S2. The highest BCUT2D eigenvalue weighted by molar-refractivity contribution is 7.11. The van der Waals surface area contributed by atoms with E-state index >= 15 is 0 Å². The molecule has 9 heteroatoms. The quantitative estimate of drug-likeness (QED) is 0.261. The van der Waals surface area contributed by atoms with Gasteiger partial charge in [-0.25, -0.2) is 9.79 Å². The van der Waals surface area contributed by atoms with Gasteiger partial charge in [-0.05, 0) is 53.6 Å². The molecule has 2 aromatic carbocycles. The van der Waals surface area contributed by atoms with Crippen LogP contribution in [0.5, 0.6) is 11.5 Å². The van der Waals surface area contributed by atoms with Gasteiger partial charge in [0.25, 0.3) is 5.56 Å². The van der Waals surface area contributed by atoms with Crippen molar-refractivity contribution in [3.8, 4) is 11.5 Å². The SMILES string of the molecule is COc1cc(C2C(C(=O)OCC(C)C)=C(C)N=c3sc(=Cc4cccs4)c(=O)n32)ccc1OCc1ccccc1. The summed E-state index contributed by atoms with van der Waals surface area (Å²) in [5.41, 5.74) is 2.35. The topological polar surface area (TPSA) is 79.1 Å². The third kappa shape index (κ3) is 5.80. The van der Waals surface area contributed by atoms with E-state index in [1.165, 1.54) is 11.3 Å². The van der Waals surface area contributed by atoms with Crippen molar-refractivity contribution in [3.05, 3.63) is 113 Å². The lowest BCUT2D eigenvalue weighted by atomic mass is 9.95. The predicted octanol–water partition coefficient (Wildman–Crippen LogP) is 5.08. The third-order valence-corrected chi connectivity index (χ3v) is 8.15. The van der Waals surface area contributed by atoms with E-state index in [0.29, 0.717) is 44.3 Å². The standard InChI is InChI=1S/C31H30N2O5S2/c1-19(2)17-38-30(35)27-20(3)32-31-33(29(34)26(40-31)16-23-11-8-14-39-23)28(27)22-12-13-24(25(15-22)36-4)37-18-21-9-6-5-7-10-21/h5-16,19,28H,17-18H2,1-4H3. The number of carbonyl (C=O) groups excluding carboxylic acids is 1. The van der Waals surface area contributed by atoms with Crippen LogP contribution in [0.25, 0.3) is 6.08 Å². The normalized spacial score (nSPS) is 15.1. The van der Waals surface area contributed by atoms with Gasteiger partial charge in [-0.1, -0.05) is 67.6 Å². The summed E-state index contributed by atoms with van der Waals surface area (Å²) in [4.78, 5) is 33.4. The average Bonchev–Trinajstić information content (AvgIpc) is 3.58. The number of fused-ring (bicyclic) bond motifs is 1. The molecule has 7 nitrogen and oxygen atoms in total. The van der Waals surface area contributed by atoms with Gasteiger partial charge >= 0.3 is 5.97 Å². The van der Waals surface area contributed by atoms with Crippen LogP contribution >= 0.6 is 22.7 Å². The lowest BCUT2D eigenvalue weighted by Crippen LogP contribution is -2.40. The van der Waals surface area contributed by atoms with Crippen LogP contribution in [0.15, 0.2) is 87.1 Å². The second kappa shape index (κ2) is 12.1. The summed E-state index contributed by atoms with van der Waals surface area (Å²) >= 11 is 2.86. The Morgan fingerprint density at radius 1 is 1.10 bits per heavy atom. The van der Waals surface area contributed by atoms with Crippen molar-refractivity contribution < 1.29 is 19.0 Å². The fourth-order valence-electron chi connectivity index (χ4n) is 4.43. The zero-order valence-corrected chi connectivity index (χ0v) is 24.4. The van der Waals surface area contributed by atoms with Crippen LogP contribution in [0.3, 0.4) is 0 Å². The molecule has 0 radical (unpaired) electrons. The Bertz CT molecular complexity index is 1720. The number of carbonyl (C=O) groups is 1. The average molecular weight is 575 g/mol. The van der Waals surface area contributed by atoms with E-state index in [4.69, 9.17) is 14.2 Å². The van der Waals surface area contributed by atoms with Crippen molar-refractivity contribution in [2.75, 3.05) is 13.7 Å². The smallest absolute Gasteiger partial charge is 0.338 e. The zero-order chi connectivity index (χ0) is 28.2. The minimum absolute atomic E-state index is 0.163. The number of benzene rings is 2. The number of hydrogen-bond donors (Lipinski definition) is 0. The molecule has 0 saturated heterocycles. The first kappa shape index (κ1) is 27.6. The summed E-state index contributed by atoms with van der Waals surface area (Å²) in [7, 11) is 1.57. The summed E-state index contributed by atoms with van der Waals surface area (Å²) in [5, 5.41) is 1.96. The van der Waals surface area contributed by atoms with Crippen LogP contribution < -0.4 is 24.4 Å². The first-order valence-electron chi connectivity index (χ1n) is 12.9. The molecule has 40 heavy (non-hydrogen) atoms. The van der Waals surface area contributed by atoms with Crippen LogP contribution in [0.4, 0.5) is 0 Å². The number of aromatic nitrogens is 1. The maximum Gasteiger partial charge on any atom is 0.338 e. The van der Waals surface area contributed by atoms with Crippen molar-refractivity contribution in [1.82, 2.24) is 4.57 Å². The number of rotatable bonds is 9. The van der Waals surface area contributed by atoms with Gasteiger partial charge in [0.15, 0.2) is 16.3 Å². The molecule has 5 rings (SSSR count). The molecule has 206 valence electrons. The summed E-state index contributed by atoms with van der Waals surface area (Å²) in [6.45, 7) is 6.38. The Hall–Kier alpha value is -3.95. The maximum atomic E-state index is 13.8.